The monoisotopic (exact) mass is 304 g/mol. The Morgan fingerprint density at radius 2 is 2.24 bits per heavy atom. The number of carbonyl (C=O) groups excluding carboxylic acids is 1. The van der Waals surface area contributed by atoms with Crippen molar-refractivity contribution in [3.05, 3.63) is 28.8 Å². The number of aromatic amines is 1. The molecule has 2 aromatic heterocycles. The van der Waals surface area contributed by atoms with Crippen LogP contribution in [-0.2, 0) is 0 Å². The zero-order valence-electron chi connectivity index (χ0n) is 12.2. The summed E-state index contributed by atoms with van der Waals surface area (Å²) in [6.07, 6.45) is 2.55. The topological polar surface area (TPSA) is 61.0 Å². The Bertz CT molecular complexity index is 613. The van der Waals surface area contributed by atoms with Crippen LogP contribution in [0.25, 0.3) is 10.6 Å². The minimum Gasteiger partial charge on any atom is -0.349 e. The van der Waals surface area contributed by atoms with Gasteiger partial charge in [0.1, 0.15) is 0 Å². The fourth-order valence-electron chi connectivity index (χ4n) is 2.57. The van der Waals surface area contributed by atoms with E-state index in [1.165, 1.54) is 17.7 Å². The predicted molar refractivity (Wildman–Crippen MR) is 84.6 cm³/mol. The molecule has 0 spiro atoms. The molecule has 3 heterocycles. The zero-order chi connectivity index (χ0) is 14.7. The van der Waals surface area contributed by atoms with Gasteiger partial charge in [0.25, 0.3) is 5.91 Å². The number of likely N-dealkylation sites (tertiary alicyclic amines) is 1. The van der Waals surface area contributed by atoms with Crippen LogP contribution in [0.3, 0.4) is 0 Å². The molecule has 1 aliphatic heterocycles. The minimum atomic E-state index is -0.107. The van der Waals surface area contributed by atoms with E-state index >= 15 is 0 Å². The van der Waals surface area contributed by atoms with Crippen molar-refractivity contribution in [2.45, 2.75) is 19.8 Å². The van der Waals surface area contributed by atoms with Crippen molar-refractivity contribution >= 4 is 17.2 Å². The van der Waals surface area contributed by atoms with E-state index in [0.29, 0.717) is 12.2 Å². The van der Waals surface area contributed by atoms with Gasteiger partial charge >= 0.3 is 0 Å². The third-order valence-corrected chi connectivity index (χ3v) is 4.76. The maximum Gasteiger partial charge on any atom is 0.271 e. The van der Waals surface area contributed by atoms with Crippen molar-refractivity contribution in [1.82, 2.24) is 20.4 Å². The lowest BCUT2D eigenvalue weighted by Gasteiger charge is -2.14. The molecule has 0 aliphatic carbocycles. The number of aromatic nitrogens is 2. The molecule has 0 unspecified atom stereocenters. The van der Waals surface area contributed by atoms with Gasteiger partial charge < -0.3 is 10.2 Å². The first kappa shape index (κ1) is 14.3. The van der Waals surface area contributed by atoms with Crippen LogP contribution in [0.5, 0.6) is 0 Å². The molecule has 112 valence electrons. The highest BCUT2D eigenvalue weighted by Gasteiger charge is 2.14. The fourth-order valence-corrected chi connectivity index (χ4v) is 3.40. The SMILES string of the molecule is Cc1ccc(-c2cc(C(=O)NCCN3CCCC3)n[nH]2)s1. The van der Waals surface area contributed by atoms with Crippen molar-refractivity contribution in [2.24, 2.45) is 0 Å². The molecule has 3 rings (SSSR count). The van der Waals surface area contributed by atoms with Gasteiger partial charge in [-0.15, -0.1) is 11.3 Å². The van der Waals surface area contributed by atoms with E-state index in [1.54, 1.807) is 11.3 Å². The largest absolute Gasteiger partial charge is 0.349 e. The highest BCUT2D eigenvalue weighted by atomic mass is 32.1. The number of hydrogen-bond donors (Lipinski definition) is 2. The summed E-state index contributed by atoms with van der Waals surface area (Å²) in [5, 5.41) is 9.98. The average Bonchev–Trinajstić information content (AvgIpc) is 3.19. The van der Waals surface area contributed by atoms with Crippen LogP contribution in [0.1, 0.15) is 28.2 Å². The van der Waals surface area contributed by atoms with E-state index < -0.39 is 0 Å². The highest BCUT2D eigenvalue weighted by molar-refractivity contribution is 7.15. The summed E-state index contributed by atoms with van der Waals surface area (Å²) in [5.74, 6) is -0.107. The predicted octanol–water partition coefficient (Wildman–Crippen LogP) is 2.27. The Balaban J connectivity index is 1.54. The van der Waals surface area contributed by atoms with Crippen molar-refractivity contribution in [2.75, 3.05) is 26.2 Å². The molecule has 1 aliphatic rings. The first-order valence-electron chi connectivity index (χ1n) is 7.35. The van der Waals surface area contributed by atoms with Gasteiger partial charge in [-0.1, -0.05) is 0 Å². The molecule has 2 N–H and O–H groups in total. The van der Waals surface area contributed by atoms with Crippen molar-refractivity contribution < 1.29 is 4.79 Å². The lowest BCUT2D eigenvalue weighted by molar-refractivity contribution is 0.0945. The van der Waals surface area contributed by atoms with Gasteiger partial charge in [0.15, 0.2) is 5.69 Å². The molecule has 0 atom stereocenters. The number of H-pyrrole nitrogens is 1. The number of nitrogens with zero attached hydrogens (tertiary/aromatic N) is 2. The molecule has 0 bridgehead atoms. The number of aryl methyl sites for hydroxylation is 1. The summed E-state index contributed by atoms with van der Waals surface area (Å²) in [5.41, 5.74) is 1.36. The molecule has 6 heteroatoms. The van der Waals surface area contributed by atoms with Gasteiger partial charge in [-0.25, -0.2) is 0 Å². The summed E-state index contributed by atoms with van der Waals surface area (Å²) in [4.78, 5) is 16.8. The van der Waals surface area contributed by atoms with Crippen LogP contribution in [0.4, 0.5) is 0 Å². The van der Waals surface area contributed by atoms with Crippen LogP contribution in [0, 0.1) is 6.92 Å². The molecule has 5 nitrogen and oxygen atoms in total. The van der Waals surface area contributed by atoms with E-state index in [-0.39, 0.29) is 5.91 Å². The summed E-state index contributed by atoms with van der Waals surface area (Å²) in [6, 6.07) is 5.93. The first-order chi connectivity index (χ1) is 10.2. The van der Waals surface area contributed by atoms with Gasteiger partial charge in [0.2, 0.25) is 0 Å². The van der Waals surface area contributed by atoms with Crippen LogP contribution < -0.4 is 5.32 Å². The second kappa shape index (κ2) is 6.41. The molecule has 1 saturated heterocycles. The molecular weight excluding hydrogens is 284 g/mol. The minimum absolute atomic E-state index is 0.107. The quantitative estimate of drug-likeness (QED) is 0.891. The van der Waals surface area contributed by atoms with Gasteiger partial charge in [0, 0.05) is 18.0 Å². The van der Waals surface area contributed by atoms with Gasteiger partial charge in [-0.3, -0.25) is 9.89 Å². The standard InChI is InChI=1S/C15H20N4OS/c1-11-4-5-14(21-11)12-10-13(18-17-12)15(20)16-6-9-19-7-2-3-8-19/h4-5,10H,2-3,6-9H2,1H3,(H,16,20)(H,17,18). The van der Waals surface area contributed by atoms with Crippen LogP contribution in [0.15, 0.2) is 18.2 Å². The summed E-state index contributed by atoms with van der Waals surface area (Å²) in [7, 11) is 0. The Kier molecular flexibility index (Phi) is 4.36. The Morgan fingerprint density at radius 1 is 1.43 bits per heavy atom. The first-order valence-corrected chi connectivity index (χ1v) is 8.17. The van der Waals surface area contributed by atoms with E-state index in [9.17, 15) is 4.79 Å². The molecule has 1 fully saturated rings. The van der Waals surface area contributed by atoms with Gasteiger partial charge in [-0.05, 0) is 51.1 Å². The van der Waals surface area contributed by atoms with Crippen LogP contribution >= 0.6 is 11.3 Å². The Labute approximate surface area is 128 Å². The zero-order valence-corrected chi connectivity index (χ0v) is 13.0. The molecule has 0 aromatic carbocycles. The normalized spacial score (nSPS) is 15.5. The number of thiophene rings is 1. The fraction of sp³-hybridized carbons (Fsp3) is 0.467. The maximum absolute atomic E-state index is 12.1. The number of nitrogens with one attached hydrogen (secondary N) is 2. The number of rotatable bonds is 5. The van der Waals surface area contributed by atoms with E-state index in [1.807, 2.05) is 12.1 Å². The van der Waals surface area contributed by atoms with E-state index in [2.05, 4.69) is 33.4 Å². The van der Waals surface area contributed by atoms with Crippen LogP contribution in [0.2, 0.25) is 0 Å². The number of carbonyl (C=O) groups is 1. The smallest absolute Gasteiger partial charge is 0.271 e. The summed E-state index contributed by atoms with van der Waals surface area (Å²) < 4.78 is 0. The lowest BCUT2D eigenvalue weighted by atomic mass is 10.3. The van der Waals surface area contributed by atoms with Gasteiger partial charge in [0.05, 0.1) is 10.6 Å². The molecule has 2 aromatic rings. The Morgan fingerprint density at radius 3 is 2.95 bits per heavy atom. The molecule has 21 heavy (non-hydrogen) atoms. The highest BCUT2D eigenvalue weighted by Crippen LogP contribution is 2.26. The van der Waals surface area contributed by atoms with Crippen LogP contribution in [-0.4, -0.2) is 47.2 Å². The third kappa shape index (κ3) is 3.51. The molecule has 0 saturated carbocycles. The summed E-state index contributed by atoms with van der Waals surface area (Å²) >= 11 is 1.69. The van der Waals surface area contributed by atoms with Crippen molar-refractivity contribution in [3.8, 4) is 10.6 Å². The molecular formula is C15H20N4OS. The molecule has 1 amide bonds. The number of amides is 1. The molecule has 0 radical (unpaired) electrons. The second-order valence-corrected chi connectivity index (χ2v) is 6.67. The van der Waals surface area contributed by atoms with E-state index in [0.717, 1.165) is 30.2 Å². The van der Waals surface area contributed by atoms with E-state index in [4.69, 9.17) is 0 Å². The summed E-state index contributed by atoms with van der Waals surface area (Å²) in [6.45, 7) is 5.98. The third-order valence-electron chi connectivity index (χ3n) is 3.73. The Hall–Kier alpha value is -1.66. The average molecular weight is 304 g/mol. The lowest BCUT2D eigenvalue weighted by Crippen LogP contribution is -2.33. The number of hydrogen-bond acceptors (Lipinski definition) is 4. The second-order valence-electron chi connectivity index (χ2n) is 5.38. The maximum atomic E-state index is 12.1. The van der Waals surface area contributed by atoms with Crippen molar-refractivity contribution in [3.63, 3.8) is 0 Å². The van der Waals surface area contributed by atoms with Crippen molar-refractivity contribution in [1.29, 1.82) is 0 Å². The van der Waals surface area contributed by atoms with Gasteiger partial charge in [-0.2, -0.15) is 5.10 Å².